The molecule has 0 spiro atoms. The molecule has 1 unspecified atom stereocenters. The first kappa shape index (κ1) is 16.8. The van der Waals surface area contributed by atoms with E-state index in [1.54, 1.807) is 18.2 Å². The number of phenolic OH excluding ortho intramolecular Hbond substituents is 1. The van der Waals surface area contributed by atoms with Gasteiger partial charge in [-0.2, -0.15) is 0 Å². The van der Waals surface area contributed by atoms with Gasteiger partial charge in [0.2, 0.25) is 5.91 Å². The highest BCUT2D eigenvalue weighted by Crippen LogP contribution is 2.29. The van der Waals surface area contributed by atoms with Gasteiger partial charge < -0.3 is 10.4 Å². The molecule has 0 aromatic heterocycles. The van der Waals surface area contributed by atoms with Crippen LogP contribution in [0.15, 0.2) is 18.2 Å². The number of hydrogen-bond donors (Lipinski definition) is 2. The van der Waals surface area contributed by atoms with Gasteiger partial charge >= 0.3 is 0 Å². The lowest BCUT2D eigenvalue weighted by Crippen LogP contribution is -2.37. The van der Waals surface area contributed by atoms with Crippen LogP contribution in [0.1, 0.15) is 32.4 Å². The molecule has 0 heterocycles. The van der Waals surface area contributed by atoms with Gasteiger partial charge in [0.1, 0.15) is 5.75 Å². The number of halogens is 1. The summed E-state index contributed by atoms with van der Waals surface area (Å²) in [6.07, 6.45) is 0. The van der Waals surface area contributed by atoms with Crippen LogP contribution in [0, 0.1) is 5.92 Å². The number of amides is 1. The average Bonchev–Trinajstić information content (AvgIpc) is 2.38. The zero-order valence-corrected chi connectivity index (χ0v) is 13.2. The summed E-state index contributed by atoms with van der Waals surface area (Å²) in [5, 5.41) is 13.3. The minimum Gasteiger partial charge on any atom is -0.508 e. The van der Waals surface area contributed by atoms with Crippen LogP contribution in [0.5, 0.6) is 5.75 Å². The number of carbonyl (C=O) groups excluding carboxylic acids is 1. The maximum Gasteiger partial charge on any atom is 0.234 e. The van der Waals surface area contributed by atoms with Crippen molar-refractivity contribution in [2.45, 2.75) is 26.8 Å². The van der Waals surface area contributed by atoms with Crippen molar-refractivity contribution in [2.75, 3.05) is 20.1 Å². The normalized spacial score (nSPS) is 12.8. The van der Waals surface area contributed by atoms with Gasteiger partial charge in [-0.25, -0.2) is 0 Å². The predicted octanol–water partition coefficient (Wildman–Crippen LogP) is 2.81. The fraction of sp³-hybridized carbons (Fsp3) is 0.533. The summed E-state index contributed by atoms with van der Waals surface area (Å²) >= 11 is 5.95. The molecule has 0 radical (unpaired) electrons. The highest BCUT2D eigenvalue weighted by molar-refractivity contribution is 6.30. The largest absolute Gasteiger partial charge is 0.508 e. The Morgan fingerprint density at radius 3 is 2.65 bits per heavy atom. The van der Waals surface area contributed by atoms with E-state index in [9.17, 15) is 9.90 Å². The molecule has 1 amide bonds. The number of rotatable bonds is 6. The molecule has 1 atom stereocenters. The summed E-state index contributed by atoms with van der Waals surface area (Å²) < 4.78 is 0. The Kier molecular flexibility index (Phi) is 6.30. The SMILES string of the molecule is CC(C)CNC(=O)CN(C)C(C)c1cc(Cl)ccc1O. The van der Waals surface area contributed by atoms with Gasteiger partial charge in [0.15, 0.2) is 0 Å². The van der Waals surface area contributed by atoms with Crippen molar-refractivity contribution in [1.82, 2.24) is 10.2 Å². The van der Waals surface area contributed by atoms with Crippen LogP contribution < -0.4 is 5.32 Å². The number of benzene rings is 1. The molecule has 2 N–H and O–H groups in total. The van der Waals surface area contributed by atoms with E-state index in [-0.39, 0.29) is 24.2 Å². The van der Waals surface area contributed by atoms with Crippen LogP contribution in [0.4, 0.5) is 0 Å². The van der Waals surface area contributed by atoms with E-state index in [2.05, 4.69) is 19.2 Å². The van der Waals surface area contributed by atoms with Crippen LogP contribution in [0.25, 0.3) is 0 Å². The number of likely N-dealkylation sites (N-methyl/N-ethyl adjacent to an activating group) is 1. The lowest BCUT2D eigenvalue weighted by Gasteiger charge is -2.25. The van der Waals surface area contributed by atoms with Gasteiger partial charge in [0.25, 0.3) is 0 Å². The Labute approximate surface area is 125 Å². The molecule has 20 heavy (non-hydrogen) atoms. The summed E-state index contributed by atoms with van der Waals surface area (Å²) in [6.45, 7) is 6.98. The summed E-state index contributed by atoms with van der Waals surface area (Å²) in [5.41, 5.74) is 0.719. The number of phenols is 1. The van der Waals surface area contributed by atoms with Crippen LogP contribution in [-0.4, -0.2) is 36.1 Å². The van der Waals surface area contributed by atoms with Gasteiger partial charge in [-0.3, -0.25) is 9.69 Å². The van der Waals surface area contributed by atoms with Crippen LogP contribution in [0.3, 0.4) is 0 Å². The second kappa shape index (κ2) is 7.50. The molecule has 1 aromatic rings. The number of aromatic hydroxyl groups is 1. The second-order valence-electron chi connectivity index (χ2n) is 5.49. The first-order valence-corrected chi connectivity index (χ1v) is 7.14. The molecule has 1 aromatic carbocycles. The van der Waals surface area contributed by atoms with Crippen LogP contribution >= 0.6 is 11.6 Å². The van der Waals surface area contributed by atoms with E-state index in [1.807, 2.05) is 18.9 Å². The van der Waals surface area contributed by atoms with E-state index in [4.69, 9.17) is 11.6 Å². The lowest BCUT2D eigenvalue weighted by molar-refractivity contribution is -0.122. The maximum absolute atomic E-state index is 11.8. The highest BCUT2D eigenvalue weighted by atomic mass is 35.5. The zero-order valence-electron chi connectivity index (χ0n) is 12.5. The van der Waals surface area contributed by atoms with Gasteiger partial charge in [0.05, 0.1) is 6.54 Å². The number of nitrogens with zero attached hydrogens (tertiary/aromatic N) is 1. The van der Waals surface area contributed by atoms with Gasteiger partial charge in [-0.05, 0) is 38.1 Å². The van der Waals surface area contributed by atoms with Crippen LogP contribution in [0.2, 0.25) is 5.02 Å². The van der Waals surface area contributed by atoms with E-state index in [0.29, 0.717) is 17.5 Å². The van der Waals surface area contributed by atoms with Gasteiger partial charge in [-0.1, -0.05) is 25.4 Å². The Bertz CT molecular complexity index is 463. The van der Waals surface area contributed by atoms with Crippen molar-refractivity contribution in [2.24, 2.45) is 5.92 Å². The third-order valence-electron chi connectivity index (χ3n) is 3.20. The molecule has 112 valence electrons. The summed E-state index contributed by atoms with van der Waals surface area (Å²) in [4.78, 5) is 13.7. The molecule has 0 fully saturated rings. The number of nitrogens with one attached hydrogen (secondary N) is 1. The third kappa shape index (κ3) is 5.02. The molecule has 0 saturated carbocycles. The van der Waals surface area contributed by atoms with Crippen molar-refractivity contribution < 1.29 is 9.90 Å². The minimum atomic E-state index is -0.0986. The molecule has 4 nitrogen and oxygen atoms in total. The van der Waals surface area contributed by atoms with Gasteiger partial charge in [0, 0.05) is 23.2 Å². The smallest absolute Gasteiger partial charge is 0.234 e. The van der Waals surface area contributed by atoms with Crippen molar-refractivity contribution in [1.29, 1.82) is 0 Å². The van der Waals surface area contributed by atoms with E-state index < -0.39 is 0 Å². The van der Waals surface area contributed by atoms with Crippen LogP contribution in [-0.2, 0) is 4.79 Å². The maximum atomic E-state index is 11.8. The molecule has 0 aliphatic rings. The first-order valence-electron chi connectivity index (χ1n) is 6.76. The van der Waals surface area contributed by atoms with Crippen molar-refractivity contribution in [3.63, 3.8) is 0 Å². The van der Waals surface area contributed by atoms with E-state index in [0.717, 1.165) is 5.56 Å². The monoisotopic (exact) mass is 298 g/mol. The fourth-order valence-electron chi connectivity index (χ4n) is 1.83. The first-order chi connectivity index (χ1) is 9.31. The molecule has 0 bridgehead atoms. The molecule has 1 rings (SSSR count). The predicted molar refractivity (Wildman–Crippen MR) is 82.0 cm³/mol. The molecule has 0 aliphatic carbocycles. The molecular formula is C15H23ClN2O2. The van der Waals surface area contributed by atoms with E-state index in [1.165, 1.54) is 0 Å². The van der Waals surface area contributed by atoms with Crippen molar-refractivity contribution in [3.05, 3.63) is 28.8 Å². The Hall–Kier alpha value is -1.26. The minimum absolute atomic E-state index is 0.0189. The quantitative estimate of drug-likeness (QED) is 0.849. The zero-order chi connectivity index (χ0) is 15.3. The Morgan fingerprint density at radius 1 is 1.40 bits per heavy atom. The molecule has 5 heteroatoms. The summed E-state index contributed by atoms with van der Waals surface area (Å²) in [6, 6.07) is 4.84. The standard InChI is InChI=1S/C15H23ClN2O2/c1-10(2)8-17-15(20)9-18(4)11(3)13-7-12(16)5-6-14(13)19/h5-7,10-11,19H,8-9H2,1-4H3,(H,17,20). The number of carbonyl (C=O) groups is 1. The third-order valence-corrected chi connectivity index (χ3v) is 3.44. The second-order valence-corrected chi connectivity index (χ2v) is 5.93. The fourth-order valence-corrected chi connectivity index (χ4v) is 2.02. The average molecular weight is 299 g/mol. The number of hydrogen-bond acceptors (Lipinski definition) is 3. The Balaban J connectivity index is 2.64. The molecular weight excluding hydrogens is 276 g/mol. The molecule has 0 aliphatic heterocycles. The van der Waals surface area contributed by atoms with Crippen molar-refractivity contribution in [3.8, 4) is 5.75 Å². The molecule has 0 saturated heterocycles. The summed E-state index contributed by atoms with van der Waals surface area (Å²) in [5.74, 6) is 0.601. The highest BCUT2D eigenvalue weighted by Gasteiger charge is 2.18. The summed E-state index contributed by atoms with van der Waals surface area (Å²) in [7, 11) is 1.85. The topological polar surface area (TPSA) is 52.6 Å². The lowest BCUT2D eigenvalue weighted by atomic mass is 10.1. The van der Waals surface area contributed by atoms with E-state index >= 15 is 0 Å². The van der Waals surface area contributed by atoms with Crippen molar-refractivity contribution >= 4 is 17.5 Å². The Morgan fingerprint density at radius 2 is 2.05 bits per heavy atom. The van der Waals surface area contributed by atoms with Gasteiger partial charge in [-0.15, -0.1) is 0 Å².